The zero-order valence-corrected chi connectivity index (χ0v) is 18.2. The SMILES string of the molecule is CCCCc1ccc(C#CC2=Cc3ccc(-c4ccc(N=C=S)c(F)c4)cc3C2)cc1. The fourth-order valence-corrected chi connectivity index (χ4v) is 3.82. The van der Waals surface area contributed by atoms with Gasteiger partial charge in [0.2, 0.25) is 0 Å². The van der Waals surface area contributed by atoms with E-state index in [1.165, 1.54) is 35.6 Å². The van der Waals surface area contributed by atoms with Crippen molar-refractivity contribution < 1.29 is 4.39 Å². The van der Waals surface area contributed by atoms with E-state index in [2.05, 4.69) is 83.6 Å². The molecule has 0 amide bonds. The van der Waals surface area contributed by atoms with Crippen LogP contribution in [0.15, 0.2) is 71.2 Å². The van der Waals surface area contributed by atoms with Crippen LogP contribution in [0.4, 0.5) is 10.1 Å². The van der Waals surface area contributed by atoms with Gasteiger partial charge in [0, 0.05) is 17.6 Å². The molecule has 1 aliphatic carbocycles. The molecule has 3 aromatic carbocycles. The molecular formula is C28H22FNS. The molecular weight excluding hydrogens is 401 g/mol. The van der Waals surface area contributed by atoms with Gasteiger partial charge in [0.15, 0.2) is 0 Å². The summed E-state index contributed by atoms with van der Waals surface area (Å²) in [4.78, 5) is 3.74. The molecule has 0 fully saturated rings. The molecule has 1 nitrogen and oxygen atoms in total. The van der Waals surface area contributed by atoms with E-state index in [0.29, 0.717) is 0 Å². The number of hydrogen-bond acceptors (Lipinski definition) is 2. The smallest absolute Gasteiger partial charge is 0.150 e. The number of thiocarbonyl (C=S) groups is 1. The summed E-state index contributed by atoms with van der Waals surface area (Å²) < 4.78 is 14.2. The van der Waals surface area contributed by atoms with E-state index in [1.807, 2.05) is 12.1 Å². The number of aryl methyl sites for hydroxylation is 1. The first-order valence-electron chi connectivity index (χ1n) is 10.5. The van der Waals surface area contributed by atoms with Gasteiger partial charge >= 0.3 is 0 Å². The molecule has 0 aliphatic heterocycles. The maximum atomic E-state index is 14.2. The van der Waals surface area contributed by atoms with Gasteiger partial charge < -0.3 is 0 Å². The van der Waals surface area contributed by atoms with Crippen molar-refractivity contribution in [2.45, 2.75) is 32.6 Å². The minimum Gasteiger partial charge on any atom is -0.205 e. The van der Waals surface area contributed by atoms with E-state index >= 15 is 0 Å². The monoisotopic (exact) mass is 423 g/mol. The van der Waals surface area contributed by atoms with Gasteiger partial charge in [0.1, 0.15) is 11.5 Å². The van der Waals surface area contributed by atoms with Crippen molar-refractivity contribution in [1.82, 2.24) is 0 Å². The number of fused-ring (bicyclic) bond motifs is 1. The summed E-state index contributed by atoms with van der Waals surface area (Å²) in [6, 6.07) is 19.7. The number of isothiocyanates is 1. The molecule has 0 N–H and O–H groups in total. The van der Waals surface area contributed by atoms with Gasteiger partial charge in [-0.2, -0.15) is 4.99 Å². The molecule has 0 unspecified atom stereocenters. The van der Waals surface area contributed by atoms with Crippen LogP contribution in [-0.2, 0) is 12.8 Å². The van der Waals surface area contributed by atoms with Gasteiger partial charge in [-0.15, -0.1) is 0 Å². The van der Waals surface area contributed by atoms with Crippen molar-refractivity contribution in [3.05, 3.63) is 94.3 Å². The molecule has 0 aromatic heterocycles. The van der Waals surface area contributed by atoms with Crippen LogP contribution >= 0.6 is 12.2 Å². The first kappa shape index (κ1) is 20.9. The summed E-state index contributed by atoms with van der Waals surface area (Å²) in [6.45, 7) is 2.21. The van der Waals surface area contributed by atoms with Crippen LogP contribution in [-0.4, -0.2) is 5.16 Å². The quantitative estimate of drug-likeness (QED) is 0.234. The molecule has 0 spiro atoms. The molecule has 152 valence electrons. The second-order valence-electron chi connectivity index (χ2n) is 7.68. The van der Waals surface area contributed by atoms with Gasteiger partial charge in [-0.05, 0) is 83.2 Å². The molecule has 0 radical (unpaired) electrons. The Balaban J connectivity index is 1.48. The predicted molar refractivity (Wildman–Crippen MR) is 130 cm³/mol. The predicted octanol–water partition coefficient (Wildman–Crippen LogP) is 7.56. The number of allylic oxidation sites excluding steroid dienone is 1. The zero-order chi connectivity index (χ0) is 21.6. The minimum atomic E-state index is -0.402. The second kappa shape index (κ2) is 9.67. The minimum absolute atomic E-state index is 0.206. The van der Waals surface area contributed by atoms with Gasteiger partial charge in [0.25, 0.3) is 0 Å². The number of rotatable bonds is 5. The fourth-order valence-electron chi connectivity index (χ4n) is 3.72. The Morgan fingerprint density at radius 3 is 2.48 bits per heavy atom. The van der Waals surface area contributed by atoms with Gasteiger partial charge in [-0.25, -0.2) is 4.39 Å². The highest BCUT2D eigenvalue weighted by molar-refractivity contribution is 7.78. The molecule has 3 heteroatoms. The highest BCUT2D eigenvalue weighted by Gasteiger charge is 2.13. The van der Waals surface area contributed by atoms with Crippen LogP contribution < -0.4 is 0 Å². The summed E-state index contributed by atoms with van der Waals surface area (Å²) in [5.41, 5.74) is 7.87. The van der Waals surface area contributed by atoms with Gasteiger partial charge in [0.05, 0.1) is 5.16 Å². The Labute approximate surface area is 188 Å². The highest BCUT2D eigenvalue weighted by atomic mass is 32.1. The molecule has 4 rings (SSSR count). The third-order valence-corrected chi connectivity index (χ3v) is 5.53. The number of aliphatic imine (C=N–C) groups is 1. The first-order valence-corrected chi connectivity index (χ1v) is 10.9. The molecule has 31 heavy (non-hydrogen) atoms. The van der Waals surface area contributed by atoms with Crippen molar-refractivity contribution in [2.75, 3.05) is 0 Å². The summed E-state index contributed by atoms with van der Waals surface area (Å²) in [5.74, 6) is 6.20. The Kier molecular flexibility index (Phi) is 6.53. The van der Waals surface area contributed by atoms with Crippen molar-refractivity contribution in [2.24, 2.45) is 4.99 Å². The first-order chi connectivity index (χ1) is 15.2. The van der Waals surface area contributed by atoms with Crippen molar-refractivity contribution in [3.63, 3.8) is 0 Å². The van der Waals surface area contributed by atoms with E-state index in [4.69, 9.17) is 0 Å². The number of hydrogen-bond donors (Lipinski definition) is 0. The number of halogens is 1. The van der Waals surface area contributed by atoms with Crippen molar-refractivity contribution in [1.29, 1.82) is 0 Å². The Hall–Kier alpha value is -3.31. The van der Waals surface area contributed by atoms with Crippen LogP contribution in [0.5, 0.6) is 0 Å². The summed E-state index contributed by atoms with van der Waals surface area (Å²) in [6.07, 6.45) is 6.48. The summed E-state index contributed by atoms with van der Waals surface area (Å²) in [7, 11) is 0. The van der Waals surface area contributed by atoms with Crippen LogP contribution in [0.2, 0.25) is 0 Å². The molecule has 3 aromatic rings. The van der Waals surface area contributed by atoms with E-state index in [-0.39, 0.29) is 5.69 Å². The average Bonchev–Trinajstić information content (AvgIpc) is 3.20. The fraction of sp³-hybridized carbons (Fsp3) is 0.179. The largest absolute Gasteiger partial charge is 0.205 e. The third-order valence-electron chi connectivity index (χ3n) is 5.44. The highest BCUT2D eigenvalue weighted by Crippen LogP contribution is 2.31. The summed E-state index contributed by atoms with van der Waals surface area (Å²) in [5, 5.41) is 2.21. The summed E-state index contributed by atoms with van der Waals surface area (Å²) >= 11 is 4.56. The molecule has 0 bridgehead atoms. The Bertz CT molecular complexity index is 1250. The van der Waals surface area contributed by atoms with Gasteiger partial charge in [-0.1, -0.05) is 61.6 Å². The molecule has 0 atom stereocenters. The van der Waals surface area contributed by atoms with Gasteiger partial charge in [-0.3, -0.25) is 0 Å². The van der Waals surface area contributed by atoms with E-state index in [1.54, 1.807) is 6.07 Å². The van der Waals surface area contributed by atoms with Crippen LogP contribution in [0.3, 0.4) is 0 Å². The lowest BCUT2D eigenvalue weighted by Gasteiger charge is -2.06. The third kappa shape index (κ3) is 5.06. The zero-order valence-electron chi connectivity index (χ0n) is 17.4. The lowest BCUT2D eigenvalue weighted by atomic mass is 9.99. The molecule has 0 heterocycles. The molecule has 0 saturated carbocycles. The van der Waals surface area contributed by atoms with Crippen molar-refractivity contribution >= 4 is 29.1 Å². The topological polar surface area (TPSA) is 12.4 Å². The van der Waals surface area contributed by atoms with E-state index in [9.17, 15) is 4.39 Å². The number of unbranched alkanes of at least 4 members (excludes halogenated alkanes) is 1. The normalized spacial score (nSPS) is 11.7. The molecule has 0 saturated heterocycles. The van der Waals surface area contributed by atoms with E-state index < -0.39 is 5.82 Å². The van der Waals surface area contributed by atoms with Crippen LogP contribution in [0, 0.1) is 17.7 Å². The molecule has 1 aliphatic rings. The second-order valence-corrected chi connectivity index (χ2v) is 7.86. The lowest BCUT2D eigenvalue weighted by molar-refractivity contribution is 0.630. The Morgan fingerprint density at radius 2 is 1.74 bits per heavy atom. The lowest BCUT2D eigenvalue weighted by Crippen LogP contribution is -1.87. The maximum absolute atomic E-state index is 14.2. The number of benzene rings is 3. The van der Waals surface area contributed by atoms with E-state index in [0.717, 1.165) is 35.1 Å². The average molecular weight is 424 g/mol. The van der Waals surface area contributed by atoms with Crippen LogP contribution in [0.1, 0.15) is 42.0 Å². The standard InChI is InChI=1S/C28H22FNS/c1-2-3-4-20-5-7-21(8-6-20)9-10-22-15-23-11-12-24(17-26(23)16-22)25-13-14-28(30-19-31)27(29)18-25/h5-8,11-15,17-18H,2-4,16H2,1H3. The Morgan fingerprint density at radius 1 is 0.968 bits per heavy atom. The van der Waals surface area contributed by atoms with Crippen LogP contribution in [0.25, 0.3) is 17.2 Å². The number of nitrogens with zero attached hydrogens (tertiary/aromatic N) is 1. The maximum Gasteiger partial charge on any atom is 0.150 e. The van der Waals surface area contributed by atoms with Crippen molar-refractivity contribution in [3.8, 4) is 23.0 Å².